The first-order valence-electron chi connectivity index (χ1n) is 7.61. The normalized spacial score (nSPS) is 10.9. The molecular weight excluding hydrogens is 345 g/mol. The number of thiazole rings is 1. The first kappa shape index (κ1) is 17.1. The largest absolute Gasteiger partial charge is 0.462 e. The average molecular weight is 361 g/mol. The highest BCUT2D eigenvalue weighted by Gasteiger charge is 2.19. The molecule has 1 N–H and O–H groups in total. The Balaban J connectivity index is 1.87. The predicted octanol–water partition coefficient (Wildman–Crippen LogP) is 3.51. The second-order valence-corrected chi connectivity index (χ2v) is 6.40. The van der Waals surface area contributed by atoms with Crippen LogP contribution in [0.3, 0.4) is 0 Å². The third-order valence-corrected chi connectivity index (χ3v) is 4.77. The minimum Gasteiger partial charge on any atom is -0.462 e. The van der Waals surface area contributed by atoms with E-state index in [4.69, 9.17) is 4.74 Å². The number of rotatable bonds is 4. The summed E-state index contributed by atoms with van der Waals surface area (Å²) in [6.45, 7) is 3.67. The molecule has 130 valence electrons. The zero-order valence-electron chi connectivity index (χ0n) is 13.9. The van der Waals surface area contributed by atoms with Gasteiger partial charge in [0.25, 0.3) is 5.91 Å². The molecule has 0 radical (unpaired) electrons. The van der Waals surface area contributed by atoms with Crippen molar-refractivity contribution in [3.63, 3.8) is 0 Å². The Labute approximate surface area is 147 Å². The van der Waals surface area contributed by atoms with Crippen molar-refractivity contribution < 1.29 is 18.7 Å². The molecule has 3 aromatic rings. The van der Waals surface area contributed by atoms with E-state index in [-0.39, 0.29) is 18.3 Å². The van der Waals surface area contributed by atoms with Gasteiger partial charge in [-0.3, -0.25) is 10.1 Å². The SMILES string of the molecule is CCOC(=O)c1sc(NC(=O)c2cc3ccc(F)cc3n2C)nc1C. The molecule has 3 rings (SSSR count). The Morgan fingerprint density at radius 3 is 2.84 bits per heavy atom. The molecule has 0 saturated heterocycles. The van der Waals surface area contributed by atoms with Crippen LogP contribution in [0.4, 0.5) is 9.52 Å². The van der Waals surface area contributed by atoms with Gasteiger partial charge in [-0.15, -0.1) is 0 Å². The second-order valence-electron chi connectivity index (χ2n) is 5.40. The number of benzene rings is 1. The number of nitrogens with one attached hydrogen (secondary N) is 1. The average Bonchev–Trinajstić information content (AvgIpc) is 3.08. The van der Waals surface area contributed by atoms with Crippen molar-refractivity contribution in [2.75, 3.05) is 11.9 Å². The number of esters is 1. The highest BCUT2D eigenvalue weighted by Crippen LogP contribution is 2.25. The van der Waals surface area contributed by atoms with Crippen molar-refractivity contribution in [2.45, 2.75) is 13.8 Å². The maximum Gasteiger partial charge on any atom is 0.350 e. The molecule has 0 saturated carbocycles. The number of ether oxygens (including phenoxy) is 1. The van der Waals surface area contributed by atoms with E-state index in [1.807, 2.05) is 0 Å². The number of aryl methyl sites for hydroxylation is 2. The van der Waals surface area contributed by atoms with E-state index in [2.05, 4.69) is 10.3 Å². The van der Waals surface area contributed by atoms with Gasteiger partial charge in [0.1, 0.15) is 16.4 Å². The lowest BCUT2D eigenvalue weighted by Gasteiger charge is -2.04. The van der Waals surface area contributed by atoms with Gasteiger partial charge in [0.15, 0.2) is 5.13 Å². The summed E-state index contributed by atoms with van der Waals surface area (Å²) in [5, 5.41) is 3.75. The molecule has 1 amide bonds. The minimum absolute atomic E-state index is 0.268. The van der Waals surface area contributed by atoms with Crippen LogP contribution in [0.25, 0.3) is 10.9 Å². The molecule has 8 heteroatoms. The van der Waals surface area contributed by atoms with E-state index in [1.54, 1.807) is 37.6 Å². The summed E-state index contributed by atoms with van der Waals surface area (Å²) in [6, 6.07) is 6.02. The van der Waals surface area contributed by atoms with Gasteiger partial charge in [-0.2, -0.15) is 0 Å². The zero-order valence-corrected chi connectivity index (χ0v) is 14.7. The van der Waals surface area contributed by atoms with E-state index < -0.39 is 5.97 Å². The van der Waals surface area contributed by atoms with Crippen molar-refractivity contribution in [3.05, 3.63) is 46.3 Å². The number of fused-ring (bicyclic) bond motifs is 1. The van der Waals surface area contributed by atoms with Crippen LogP contribution in [-0.2, 0) is 11.8 Å². The van der Waals surface area contributed by atoms with Crippen LogP contribution >= 0.6 is 11.3 Å². The first-order chi connectivity index (χ1) is 11.9. The molecular formula is C17H16FN3O3S. The number of nitrogens with zero attached hydrogens (tertiary/aromatic N) is 2. The topological polar surface area (TPSA) is 73.2 Å². The highest BCUT2D eigenvalue weighted by atomic mass is 32.1. The van der Waals surface area contributed by atoms with E-state index in [1.165, 1.54) is 12.1 Å². The Morgan fingerprint density at radius 1 is 1.36 bits per heavy atom. The molecule has 0 unspecified atom stereocenters. The molecule has 0 aliphatic carbocycles. The molecule has 0 spiro atoms. The Morgan fingerprint density at radius 2 is 2.12 bits per heavy atom. The van der Waals surface area contributed by atoms with Gasteiger partial charge in [-0.25, -0.2) is 14.2 Å². The number of amides is 1. The number of carbonyl (C=O) groups excluding carboxylic acids is 2. The summed E-state index contributed by atoms with van der Waals surface area (Å²) in [5.41, 5.74) is 1.48. The molecule has 0 aliphatic heterocycles. The predicted molar refractivity (Wildman–Crippen MR) is 93.6 cm³/mol. The van der Waals surface area contributed by atoms with Gasteiger partial charge < -0.3 is 9.30 Å². The second kappa shape index (κ2) is 6.64. The number of carbonyl (C=O) groups is 2. The third-order valence-electron chi connectivity index (χ3n) is 3.72. The maximum atomic E-state index is 13.4. The lowest BCUT2D eigenvalue weighted by atomic mass is 10.2. The summed E-state index contributed by atoms with van der Waals surface area (Å²) in [5.74, 6) is -1.21. The summed E-state index contributed by atoms with van der Waals surface area (Å²) >= 11 is 1.06. The van der Waals surface area contributed by atoms with Gasteiger partial charge in [0.05, 0.1) is 17.8 Å². The molecule has 0 atom stereocenters. The maximum absolute atomic E-state index is 13.4. The van der Waals surface area contributed by atoms with Crippen molar-refractivity contribution in [2.24, 2.45) is 7.05 Å². The summed E-state index contributed by atoms with van der Waals surface area (Å²) < 4.78 is 20.0. The van der Waals surface area contributed by atoms with Gasteiger partial charge >= 0.3 is 5.97 Å². The summed E-state index contributed by atoms with van der Waals surface area (Å²) in [6.07, 6.45) is 0. The number of hydrogen-bond acceptors (Lipinski definition) is 5. The van der Waals surface area contributed by atoms with Gasteiger partial charge in [0.2, 0.25) is 0 Å². The fraction of sp³-hybridized carbons (Fsp3) is 0.235. The Hall–Kier alpha value is -2.74. The number of anilines is 1. The smallest absolute Gasteiger partial charge is 0.350 e. The summed E-state index contributed by atoms with van der Waals surface area (Å²) in [7, 11) is 1.69. The van der Waals surface area contributed by atoms with E-state index in [9.17, 15) is 14.0 Å². The van der Waals surface area contributed by atoms with Crippen molar-refractivity contribution >= 4 is 39.2 Å². The highest BCUT2D eigenvalue weighted by molar-refractivity contribution is 7.17. The zero-order chi connectivity index (χ0) is 18.1. The van der Waals surface area contributed by atoms with Gasteiger partial charge in [0, 0.05) is 12.4 Å². The standard InChI is InChI=1S/C17H16FN3O3S/c1-4-24-16(23)14-9(2)19-17(25-14)20-15(22)13-7-10-5-6-11(18)8-12(10)21(13)3/h5-8H,4H2,1-3H3,(H,19,20,22). The number of halogens is 1. The monoisotopic (exact) mass is 361 g/mol. The fourth-order valence-electron chi connectivity index (χ4n) is 2.52. The van der Waals surface area contributed by atoms with Crippen LogP contribution in [0.15, 0.2) is 24.3 Å². The number of aromatic nitrogens is 2. The van der Waals surface area contributed by atoms with Crippen molar-refractivity contribution in [1.29, 1.82) is 0 Å². The van der Waals surface area contributed by atoms with Crippen molar-refractivity contribution in [1.82, 2.24) is 9.55 Å². The molecule has 2 aromatic heterocycles. The lowest BCUT2D eigenvalue weighted by Crippen LogP contribution is -2.15. The van der Waals surface area contributed by atoms with Gasteiger partial charge in [-0.05, 0) is 38.1 Å². The van der Waals surface area contributed by atoms with Crippen LogP contribution in [0.2, 0.25) is 0 Å². The van der Waals surface area contributed by atoms with Crippen LogP contribution in [0.5, 0.6) is 0 Å². The van der Waals surface area contributed by atoms with Crippen LogP contribution in [-0.4, -0.2) is 28.0 Å². The van der Waals surface area contributed by atoms with Gasteiger partial charge in [-0.1, -0.05) is 11.3 Å². The quantitative estimate of drug-likeness (QED) is 0.722. The first-order valence-corrected chi connectivity index (χ1v) is 8.43. The van der Waals surface area contributed by atoms with Crippen LogP contribution < -0.4 is 5.32 Å². The van der Waals surface area contributed by atoms with Crippen LogP contribution in [0, 0.1) is 12.7 Å². The van der Waals surface area contributed by atoms with Crippen molar-refractivity contribution in [3.8, 4) is 0 Å². The lowest BCUT2D eigenvalue weighted by molar-refractivity contribution is 0.0531. The molecule has 2 heterocycles. The Kier molecular flexibility index (Phi) is 4.54. The molecule has 0 bridgehead atoms. The molecule has 0 aliphatic rings. The number of hydrogen-bond donors (Lipinski definition) is 1. The summed E-state index contributed by atoms with van der Waals surface area (Å²) in [4.78, 5) is 28.9. The molecule has 6 nitrogen and oxygen atoms in total. The molecule has 0 fully saturated rings. The van der Waals surface area contributed by atoms with E-state index in [0.29, 0.717) is 26.9 Å². The van der Waals surface area contributed by atoms with E-state index in [0.717, 1.165) is 16.7 Å². The fourth-order valence-corrected chi connectivity index (χ4v) is 3.37. The third kappa shape index (κ3) is 3.25. The Bertz CT molecular complexity index is 977. The minimum atomic E-state index is -0.460. The molecule has 1 aromatic carbocycles. The molecule has 25 heavy (non-hydrogen) atoms. The van der Waals surface area contributed by atoms with E-state index >= 15 is 0 Å². The van der Waals surface area contributed by atoms with Crippen LogP contribution in [0.1, 0.15) is 32.8 Å².